The molecule has 148 valence electrons. The number of nitrogens with zero attached hydrogens (tertiary/aromatic N) is 3. The summed E-state index contributed by atoms with van der Waals surface area (Å²) in [7, 11) is 0. The minimum Gasteiger partial charge on any atom is -0.368 e. The smallest absolute Gasteiger partial charge is 0.246 e. The van der Waals surface area contributed by atoms with E-state index in [0.717, 1.165) is 34.0 Å². The highest BCUT2D eigenvalue weighted by Crippen LogP contribution is 2.28. The van der Waals surface area contributed by atoms with Gasteiger partial charge in [0.25, 0.3) is 0 Å². The summed E-state index contributed by atoms with van der Waals surface area (Å²) >= 11 is 0. The van der Waals surface area contributed by atoms with E-state index >= 15 is 0 Å². The van der Waals surface area contributed by atoms with E-state index in [9.17, 15) is 4.79 Å². The number of carbonyl (C=O) groups excluding carboxylic acids is 1. The van der Waals surface area contributed by atoms with Crippen LogP contribution >= 0.6 is 0 Å². The summed E-state index contributed by atoms with van der Waals surface area (Å²) in [5.41, 5.74) is 4.31. The second-order valence-corrected chi connectivity index (χ2v) is 7.03. The van der Waals surface area contributed by atoms with Gasteiger partial charge < -0.3 is 14.2 Å². The number of ether oxygens (including phenoxy) is 1. The molecular formula is C23H23N3O3. The van der Waals surface area contributed by atoms with Crippen molar-refractivity contribution < 1.29 is 14.1 Å². The Labute approximate surface area is 169 Å². The fraction of sp³-hybridized carbons (Fsp3) is 0.261. The zero-order chi connectivity index (χ0) is 20.2. The highest BCUT2D eigenvalue weighted by molar-refractivity contribution is 5.91. The average molecular weight is 389 g/mol. The van der Waals surface area contributed by atoms with Gasteiger partial charge in [0.2, 0.25) is 5.91 Å². The fourth-order valence-corrected chi connectivity index (χ4v) is 3.48. The minimum atomic E-state index is -0.266. The lowest BCUT2D eigenvalue weighted by Crippen LogP contribution is -2.41. The Hall–Kier alpha value is -3.25. The summed E-state index contributed by atoms with van der Waals surface area (Å²) in [6.07, 6.45) is 3.19. The van der Waals surface area contributed by atoms with Crippen molar-refractivity contribution in [3.05, 3.63) is 77.3 Å². The van der Waals surface area contributed by atoms with Crippen molar-refractivity contribution in [1.82, 2.24) is 15.0 Å². The van der Waals surface area contributed by atoms with Crippen LogP contribution in [-0.4, -0.2) is 40.6 Å². The van der Waals surface area contributed by atoms with Gasteiger partial charge in [0.1, 0.15) is 11.9 Å². The first kappa shape index (κ1) is 19.1. The van der Waals surface area contributed by atoms with Gasteiger partial charge in [0.05, 0.1) is 35.8 Å². The molecule has 0 bridgehead atoms. The predicted octanol–water partition coefficient (Wildman–Crippen LogP) is 3.97. The van der Waals surface area contributed by atoms with Crippen LogP contribution in [0, 0.1) is 13.8 Å². The van der Waals surface area contributed by atoms with Gasteiger partial charge >= 0.3 is 0 Å². The minimum absolute atomic E-state index is 0.0240. The van der Waals surface area contributed by atoms with Crippen LogP contribution in [0.3, 0.4) is 0 Å². The molecule has 1 fully saturated rings. The summed E-state index contributed by atoms with van der Waals surface area (Å²) in [6.45, 7) is 5.29. The van der Waals surface area contributed by atoms with Crippen LogP contribution in [0.1, 0.15) is 28.8 Å². The van der Waals surface area contributed by atoms with E-state index in [1.807, 2.05) is 68.5 Å². The SMILES string of the molecule is Cc1noc(C)c1-c1cccc([C@@H]2CN(C(=O)/C=C/c3ccccc3)CCO2)n1. The molecule has 0 radical (unpaired) electrons. The van der Waals surface area contributed by atoms with E-state index in [1.54, 1.807) is 11.0 Å². The van der Waals surface area contributed by atoms with Crippen molar-refractivity contribution in [2.75, 3.05) is 19.7 Å². The Balaban J connectivity index is 1.49. The molecule has 29 heavy (non-hydrogen) atoms. The molecule has 0 aliphatic carbocycles. The number of morpholine rings is 1. The molecule has 6 nitrogen and oxygen atoms in total. The number of pyridine rings is 1. The predicted molar refractivity (Wildman–Crippen MR) is 110 cm³/mol. The number of hydrogen-bond acceptors (Lipinski definition) is 5. The van der Waals surface area contributed by atoms with Gasteiger partial charge in [-0.2, -0.15) is 0 Å². The van der Waals surface area contributed by atoms with Gasteiger partial charge in [0, 0.05) is 12.6 Å². The zero-order valence-electron chi connectivity index (χ0n) is 16.5. The molecule has 6 heteroatoms. The lowest BCUT2D eigenvalue weighted by molar-refractivity contribution is -0.133. The molecule has 1 aromatic carbocycles. The Morgan fingerprint density at radius 3 is 2.72 bits per heavy atom. The van der Waals surface area contributed by atoms with E-state index in [2.05, 4.69) is 5.16 Å². The van der Waals surface area contributed by atoms with Gasteiger partial charge in [-0.3, -0.25) is 4.79 Å². The Morgan fingerprint density at radius 2 is 1.97 bits per heavy atom. The summed E-state index contributed by atoms with van der Waals surface area (Å²) in [4.78, 5) is 19.2. The number of hydrogen-bond donors (Lipinski definition) is 0. The molecule has 0 saturated carbocycles. The Bertz CT molecular complexity index is 1010. The first-order chi connectivity index (χ1) is 14.1. The van der Waals surface area contributed by atoms with Gasteiger partial charge in [-0.15, -0.1) is 0 Å². The molecule has 0 unspecified atom stereocenters. The molecule has 1 amide bonds. The molecule has 3 aromatic rings. The van der Waals surface area contributed by atoms with Crippen molar-refractivity contribution in [2.45, 2.75) is 20.0 Å². The van der Waals surface area contributed by atoms with E-state index < -0.39 is 0 Å². The summed E-state index contributed by atoms with van der Waals surface area (Å²) < 4.78 is 11.2. The maximum atomic E-state index is 12.6. The van der Waals surface area contributed by atoms with Crippen molar-refractivity contribution in [1.29, 1.82) is 0 Å². The number of amides is 1. The molecule has 0 spiro atoms. The van der Waals surface area contributed by atoms with Crippen LogP contribution in [-0.2, 0) is 9.53 Å². The second kappa shape index (κ2) is 8.41. The normalized spacial score (nSPS) is 17.0. The van der Waals surface area contributed by atoms with E-state index in [1.165, 1.54) is 0 Å². The van der Waals surface area contributed by atoms with E-state index in [0.29, 0.717) is 19.7 Å². The largest absolute Gasteiger partial charge is 0.368 e. The number of aryl methyl sites for hydroxylation is 2. The second-order valence-electron chi connectivity index (χ2n) is 7.03. The molecule has 1 saturated heterocycles. The molecule has 1 atom stereocenters. The maximum Gasteiger partial charge on any atom is 0.246 e. The number of carbonyl (C=O) groups is 1. The topological polar surface area (TPSA) is 68.5 Å². The first-order valence-electron chi connectivity index (χ1n) is 9.65. The number of aromatic nitrogens is 2. The highest BCUT2D eigenvalue weighted by atomic mass is 16.5. The Kier molecular flexibility index (Phi) is 5.53. The molecule has 3 heterocycles. The number of rotatable bonds is 4. The monoisotopic (exact) mass is 389 g/mol. The van der Waals surface area contributed by atoms with Crippen LogP contribution in [0.25, 0.3) is 17.3 Å². The van der Waals surface area contributed by atoms with Crippen LogP contribution in [0.4, 0.5) is 0 Å². The summed E-state index contributed by atoms with van der Waals surface area (Å²) in [5, 5.41) is 4.01. The van der Waals surface area contributed by atoms with Crippen molar-refractivity contribution in [3.63, 3.8) is 0 Å². The molecular weight excluding hydrogens is 366 g/mol. The van der Waals surface area contributed by atoms with Crippen molar-refractivity contribution in [3.8, 4) is 11.3 Å². The van der Waals surface area contributed by atoms with Gasteiger partial charge in [-0.05, 0) is 37.6 Å². The Morgan fingerprint density at radius 1 is 1.14 bits per heavy atom. The molecule has 2 aromatic heterocycles. The molecule has 1 aliphatic rings. The summed E-state index contributed by atoms with van der Waals surface area (Å²) in [6, 6.07) is 15.6. The lowest BCUT2D eigenvalue weighted by Gasteiger charge is -2.32. The maximum absolute atomic E-state index is 12.6. The van der Waals surface area contributed by atoms with Crippen LogP contribution < -0.4 is 0 Å². The van der Waals surface area contributed by atoms with E-state index in [-0.39, 0.29) is 12.0 Å². The highest BCUT2D eigenvalue weighted by Gasteiger charge is 2.26. The molecule has 0 N–H and O–H groups in total. The lowest BCUT2D eigenvalue weighted by atomic mass is 10.1. The van der Waals surface area contributed by atoms with Gasteiger partial charge in [0.15, 0.2) is 0 Å². The van der Waals surface area contributed by atoms with Crippen LogP contribution in [0.5, 0.6) is 0 Å². The fourth-order valence-electron chi connectivity index (χ4n) is 3.48. The third-order valence-corrected chi connectivity index (χ3v) is 4.99. The van der Waals surface area contributed by atoms with Gasteiger partial charge in [-0.1, -0.05) is 41.6 Å². The summed E-state index contributed by atoms with van der Waals surface area (Å²) in [5.74, 6) is 0.712. The van der Waals surface area contributed by atoms with Crippen LogP contribution in [0.2, 0.25) is 0 Å². The third kappa shape index (κ3) is 4.27. The van der Waals surface area contributed by atoms with Crippen LogP contribution in [0.15, 0.2) is 59.1 Å². The molecule has 1 aliphatic heterocycles. The van der Waals surface area contributed by atoms with Gasteiger partial charge in [-0.25, -0.2) is 4.98 Å². The quantitative estimate of drug-likeness (QED) is 0.632. The first-order valence-corrected chi connectivity index (χ1v) is 9.65. The van der Waals surface area contributed by atoms with Crippen molar-refractivity contribution >= 4 is 12.0 Å². The number of benzene rings is 1. The van der Waals surface area contributed by atoms with E-state index in [4.69, 9.17) is 14.2 Å². The third-order valence-electron chi connectivity index (χ3n) is 4.99. The average Bonchev–Trinajstić information content (AvgIpc) is 3.11. The van der Waals surface area contributed by atoms with Crippen molar-refractivity contribution in [2.24, 2.45) is 0 Å². The standard InChI is InChI=1S/C23H23N3O3/c1-16-23(17(2)29-25-16)20-10-6-9-19(24-20)21-15-26(13-14-28-21)22(27)12-11-18-7-4-3-5-8-18/h3-12,21H,13-15H2,1-2H3/b12-11+/t21-/m0/s1. The molecule has 4 rings (SSSR count). The zero-order valence-corrected chi connectivity index (χ0v) is 16.5.